The largest absolute Gasteiger partial charge is 0.370 e. The van der Waals surface area contributed by atoms with Crippen LogP contribution in [0.15, 0.2) is 12.1 Å². The summed E-state index contributed by atoms with van der Waals surface area (Å²) in [6.45, 7) is 14.8. The molecule has 21 heavy (non-hydrogen) atoms. The van der Waals surface area contributed by atoms with Crippen molar-refractivity contribution in [3.05, 3.63) is 23.4 Å². The number of hydrogen-bond acceptors (Lipinski definition) is 3. The first-order valence-electron chi connectivity index (χ1n) is 7.89. The van der Waals surface area contributed by atoms with Crippen molar-refractivity contribution < 1.29 is 4.79 Å². The first-order valence-corrected chi connectivity index (χ1v) is 7.89. The molecule has 0 saturated heterocycles. The normalized spacial score (nSPS) is 11.3. The Kier molecular flexibility index (Phi) is 6.19. The second kappa shape index (κ2) is 7.43. The third kappa shape index (κ3) is 4.73. The number of rotatable bonds is 6. The van der Waals surface area contributed by atoms with E-state index in [4.69, 9.17) is 0 Å². The third-order valence-corrected chi connectivity index (χ3v) is 3.45. The van der Waals surface area contributed by atoms with E-state index in [0.717, 1.165) is 43.1 Å². The fourth-order valence-corrected chi connectivity index (χ4v) is 2.08. The van der Waals surface area contributed by atoms with Crippen LogP contribution < -0.4 is 5.32 Å². The molecule has 0 aliphatic carbocycles. The molecule has 0 aromatic carbocycles. The maximum atomic E-state index is 12.6. The molecule has 118 valence electrons. The van der Waals surface area contributed by atoms with Crippen molar-refractivity contribution in [2.45, 2.75) is 53.4 Å². The molecule has 0 fully saturated rings. The number of amides is 1. The minimum atomic E-state index is -0.0812. The molecule has 0 radical (unpaired) electrons. The molecule has 0 aliphatic rings. The zero-order valence-electron chi connectivity index (χ0n) is 14.3. The second-order valence-electron chi connectivity index (χ2n) is 6.28. The highest BCUT2D eigenvalue weighted by atomic mass is 16.2. The number of nitrogens with one attached hydrogen (secondary N) is 1. The lowest BCUT2D eigenvalue weighted by atomic mass is 9.90. The van der Waals surface area contributed by atoms with Gasteiger partial charge in [0.15, 0.2) is 0 Å². The van der Waals surface area contributed by atoms with Crippen molar-refractivity contribution in [3.8, 4) is 0 Å². The van der Waals surface area contributed by atoms with Crippen molar-refractivity contribution in [1.82, 2.24) is 9.88 Å². The first kappa shape index (κ1) is 17.5. The van der Waals surface area contributed by atoms with Gasteiger partial charge in [-0.2, -0.15) is 0 Å². The first-order chi connectivity index (χ1) is 9.83. The molecule has 0 unspecified atom stereocenters. The highest BCUT2D eigenvalue weighted by Gasteiger charge is 2.21. The summed E-state index contributed by atoms with van der Waals surface area (Å²) in [5, 5.41) is 3.30. The highest BCUT2D eigenvalue weighted by Crippen LogP contribution is 2.24. The Morgan fingerprint density at radius 3 is 2.29 bits per heavy atom. The molecule has 1 N–H and O–H groups in total. The molecule has 0 bridgehead atoms. The van der Waals surface area contributed by atoms with Gasteiger partial charge >= 0.3 is 0 Å². The number of anilines is 1. The Labute approximate surface area is 129 Å². The topological polar surface area (TPSA) is 45.2 Å². The molecule has 1 amide bonds. The van der Waals surface area contributed by atoms with E-state index in [9.17, 15) is 4.79 Å². The smallest absolute Gasteiger partial charge is 0.254 e. The number of carbonyl (C=O) groups is 1. The van der Waals surface area contributed by atoms with E-state index in [1.54, 1.807) is 0 Å². The summed E-state index contributed by atoms with van der Waals surface area (Å²) in [7, 11) is 0. The van der Waals surface area contributed by atoms with E-state index in [2.05, 4.69) is 38.0 Å². The standard InChI is InChI=1S/C17H29N3O/c1-7-10-18-15-12-13(16(21)20(8-2)9-3)11-14(19-15)17(4,5)6/h11-12H,7-10H2,1-6H3,(H,18,19). The van der Waals surface area contributed by atoms with E-state index >= 15 is 0 Å². The Balaban J connectivity index is 3.21. The second-order valence-corrected chi connectivity index (χ2v) is 6.28. The number of pyridine rings is 1. The summed E-state index contributed by atoms with van der Waals surface area (Å²) in [4.78, 5) is 19.1. The lowest BCUT2D eigenvalue weighted by Gasteiger charge is -2.23. The maximum Gasteiger partial charge on any atom is 0.254 e. The summed E-state index contributed by atoms with van der Waals surface area (Å²) < 4.78 is 0. The van der Waals surface area contributed by atoms with Crippen LogP contribution in [0.25, 0.3) is 0 Å². The van der Waals surface area contributed by atoms with Crippen LogP contribution in [-0.2, 0) is 5.41 Å². The van der Waals surface area contributed by atoms with Gasteiger partial charge in [0, 0.05) is 36.3 Å². The van der Waals surface area contributed by atoms with Crippen LogP contribution in [0.2, 0.25) is 0 Å². The Morgan fingerprint density at radius 1 is 1.19 bits per heavy atom. The molecule has 1 rings (SSSR count). The van der Waals surface area contributed by atoms with Crippen molar-refractivity contribution >= 4 is 11.7 Å². The maximum absolute atomic E-state index is 12.6. The average Bonchev–Trinajstić information content (AvgIpc) is 2.45. The van der Waals surface area contributed by atoms with Crippen LogP contribution in [0.4, 0.5) is 5.82 Å². The fourth-order valence-electron chi connectivity index (χ4n) is 2.08. The predicted molar refractivity (Wildman–Crippen MR) is 89.0 cm³/mol. The number of hydrogen-bond donors (Lipinski definition) is 1. The van der Waals surface area contributed by atoms with Gasteiger partial charge in [0.2, 0.25) is 0 Å². The van der Waals surface area contributed by atoms with E-state index in [1.165, 1.54) is 0 Å². The molecular formula is C17H29N3O. The van der Waals surface area contributed by atoms with Gasteiger partial charge in [0.05, 0.1) is 0 Å². The monoisotopic (exact) mass is 291 g/mol. The number of carbonyl (C=O) groups excluding carboxylic acids is 1. The van der Waals surface area contributed by atoms with Gasteiger partial charge in [-0.25, -0.2) is 4.98 Å². The lowest BCUT2D eigenvalue weighted by molar-refractivity contribution is 0.0772. The Morgan fingerprint density at radius 2 is 1.81 bits per heavy atom. The SMILES string of the molecule is CCCNc1cc(C(=O)N(CC)CC)cc(C(C)(C)C)n1. The molecule has 0 spiro atoms. The van der Waals surface area contributed by atoms with Crippen LogP contribution in [0.5, 0.6) is 0 Å². The number of aromatic nitrogens is 1. The summed E-state index contributed by atoms with van der Waals surface area (Å²) in [5.41, 5.74) is 1.58. The van der Waals surface area contributed by atoms with Crippen LogP contribution in [0.1, 0.15) is 64.0 Å². The number of nitrogens with zero attached hydrogens (tertiary/aromatic N) is 2. The summed E-state index contributed by atoms with van der Waals surface area (Å²) in [6.07, 6.45) is 1.03. The zero-order chi connectivity index (χ0) is 16.0. The van der Waals surface area contributed by atoms with Gasteiger partial charge in [-0.15, -0.1) is 0 Å². The Hall–Kier alpha value is -1.58. The predicted octanol–water partition coefficient (Wildman–Crippen LogP) is 3.68. The van der Waals surface area contributed by atoms with Gasteiger partial charge in [-0.05, 0) is 32.4 Å². The van der Waals surface area contributed by atoms with Crippen LogP contribution in [0.3, 0.4) is 0 Å². The van der Waals surface area contributed by atoms with Crippen LogP contribution in [0, 0.1) is 0 Å². The zero-order valence-corrected chi connectivity index (χ0v) is 14.3. The third-order valence-electron chi connectivity index (χ3n) is 3.45. The molecule has 0 atom stereocenters. The summed E-state index contributed by atoms with van der Waals surface area (Å²) >= 11 is 0. The van der Waals surface area contributed by atoms with Gasteiger partial charge < -0.3 is 10.2 Å². The molecule has 0 saturated carbocycles. The Bertz CT molecular complexity index is 473. The molecular weight excluding hydrogens is 262 g/mol. The molecule has 4 nitrogen and oxygen atoms in total. The highest BCUT2D eigenvalue weighted by molar-refractivity contribution is 5.95. The van der Waals surface area contributed by atoms with Crippen molar-refractivity contribution in [2.24, 2.45) is 0 Å². The average molecular weight is 291 g/mol. The molecule has 1 heterocycles. The van der Waals surface area contributed by atoms with E-state index in [0.29, 0.717) is 0 Å². The van der Waals surface area contributed by atoms with Gasteiger partial charge in [-0.1, -0.05) is 27.7 Å². The summed E-state index contributed by atoms with van der Waals surface area (Å²) in [6, 6.07) is 3.79. The molecule has 1 aromatic heterocycles. The quantitative estimate of drug-likeness (QED) is 0.869. The minimum absolute atomic E-state index is 0.0763. The van der Waals surface area contributed by atoms with E-state index < -0.39 is 0 Å². The van der Waals surface area contributed by atoms with E-state index in [1.807, 2.05) is 30.9 Å². The summed E-state index contributed by atoms with van der Waals surface area (Å²) in [5.74, 6) is 0.868. The van der Waals surface area contributed by atoms with Gasteiger partial charge in [0.1, 0.15) is 5.82 Å². The van der Waals surface area contributed by atoms with Crippen molar-refractivity contribution in [2.75, 3.05) is 25.0 Å². The van der Waals surface area contributed by atoms with Gasteiger partial charge in [-0.3, -0.25) is 4.79 Å². The van der Waals surface area contributed by atoms with Crippen LogP contribution >= 0.6 is 0 Å². The van der Waals surface area contributed by atoms with Crippen molar-refractivity contribution in [3.63, 3.8) is 0 Å². The molecule has 1 aromatic rings. The fraction of sp³-hybridized carbons (Fsp3) is 0.647. The lowest BCUT2D eigenvalue weighted by Crippen LogP contribution is -2.31. The molecule has 4 heteroatoms. The van der Waals surface area contributed by atoms with Gasteiger partial charge in [0.25, 0.3) is 5.91 Å². The van der Waals surface area contributed by atoms with Crippen molar-refractivity contribution in [1.29, 1.82) is 0 Å². The molecule has 0 aliphatic heterocycles. The van der Waals surface area contributed by atoms with Crippen LogP contribution in [-0.4, -0.2) is 35.4 Å². The van der Waals surface area contributed by atoms with E-state index in [-0.39, 0.29) is 11.3 Å². The minimum Gasteiger partial charge on any atom is -0.370 e.